The van der Waals surface area contributed by atoms with Crippen LogP contribution in [-0.2, 0) is 32.3 Å². The summed E-state index contributed by atoms with van der Waals surface area (Å²) in [6.07, 6.45) is -3.25. The van der Waals surface area contributed by atoms with E-state index in [0.29, 0.717) is 22.4 Å². The summed E-state index contributed by atoms with van der Waals surface area (Å²) in [7, 11) is -4.32. The summed E-state index contributed by atoms with van der Waals surface area (Å²) < 4.78 is 72.3. The van der Waals surface area contributed by atoms with Gasteiger partial charge >= 0.3 is 6.18 Å². The highest BCUT2D eigenvalue weighted by Crippen LogP contribution is 2.37. The molecule has 1 aromatic heterocycles. The lowest BCUT2D eigenvalue weighted by Gasteiger charge is -2.14. The van der Waals surface area contributed by atoms with Crippen LogP contribution in [-0.4, -0.2) is 25.1 Å². The molecule has 0 radical (unpaired) electrons. The van der Waals surface area contributed by atoms with Crippen molar-refractivity contribution in [2.75, 3.05) is 10.0 Å². The average Bonchev–Trinajstić information content (AvgIpc) is 3.55. The Bertz CT molecular complexity index is 1840. The van der Waals surface area contributed by atoms with Gasteiger partial charge in [0.05, 0.1) is 23.3 Å². The Morgan fingerprint density at radius 2 is 1.58 bits per heavy atom. The number of amides is 2. The van der Waals surface area contributed by atoms with Crippen LogP contribution in [0.5, 0.6) is 0 Å². The standard InChI is InChI=1S/C30H24F3N3O5S2/c1-18-8-9-22(15-19(18)2)34-26-27(29(38)36(28(26)37)17-23-6-4-14-41-23)42-24-12-10-21(11-13-24)35-43(39,40)25-7-3-5-20(16-25)30(31,32)33/h3-16,34-35H,17H2,1-2H3. The summed E-state index contributed by atoms with van der Waals surface area (Å²) in [5.41, 5.74) is 1.77. The first-order valence-electron chi connectivity index (χ1n) is 12.8. The Labute approximate surface area is 249 Å². The molecule has 5 rings (SSSR count). The van der Waals surface area contributed by atoms with E-state index >= 15 is 0 Å². The minimum Gasteiger partial charge on any atom is -0.467 e. The molecule has 0 atom stereocenters. The molecule has 4 aromatic rings. The SMILES string of the molecule is Cc1ccc(NC2=C(Sc3ccc(NS(=O)(=O)c4cccc(C(F)(F)F)c4)cc3)C(=O)N(Cc3ccco3)C2=O)cc1C. The highest BCUT2D eigenvalue weighted by atomic mass is 32.2. The molecule has 0 bridgehead atoms. The number of imide groups is 1. The largest absolute Gasteiger partial charge is 0.467 e. The van der Waals surface area contributed by atoms with Gasteiger partial charge < -0.3 is 9.73 Å². The average molecular weight is 628 g/mol. The van der Waals surface area contributed by atoms with Crippen LogP contribution in [0, 0.1) is 13.8 Å². The van der Waals surface area contributed by atoms with Crippen molar-refractivity contribution < 1.29 is 35.6 Å². The van der Waals surface area contributed by atoms with Gasteiger partial charge in [-0.15, -0.1) is 0 Å². The molecule has 0 fully saturated rings. The van der Waals surface area contributed by atoms with Crippen LogP contribution in [0.2, 0.25) is 0 Å². The van der Waals surface area contributed by atoms with E-state index in [-0.39, 0.29) is 22.8 Å². The highest BCUT2D eigenvalue weighted by Gasteiger charge is 2.39. The van der Waals surface area contributed by atoms with Crippen molar-refractivity contribution in [1.29, 1.82) is 0 Å². The molecule has 13 heteroatoms. The van der Waals surface area contributed by atoms with Gasteiger partial charge in [0.1, 0.15) is 16.4 Å². The van der Waals surface area contributed by atoms with Crippen LogP contribution in [0.4, 0.5) is 24.5 Å². The normalized spacial score (nSPS) is 14.0. The van der Waals surface area contributed by atoms with E-state index in [1.54, 1.807) is 18.2 Å². The quantitative estimate of drug-likeness (QED) is 0.199. The first-order valence-corrected chi connectivity index (χ1v) is 15.1. The zero-order valence-corrected chi connectivity index (χ0v) is 24.4. The molecule has 1 aliphatic rings. The van der Waals surface area contributed by atoms with E-state index in [0.717, 1.165) is 46.0 Å². The first kappa shape index (κ1) is 30.0. The third-order valence-electron chi connectivity index (χ3n) is 6.59. The van der Waals surface area contributed by atoms with Gasteiger partial charge in [-0.2, -0.15) is 13.2 Å². The molecule has 43 heavy (non-hydrogen) atoms. The van der Waals surface area contributed by atoms with Gasteiger partial charge in [0, 0.05) is 16.3 Å². The van der Waals surface area contributed by atoms with Gasteiger partial charge in [-0.3, -0.25) is 19.2 Å². The predicted octanol–water partition coefficient (Wildman–Crippen LogP) is 6.70. The zero-order chi connectivity index (χ0) is 30.9. The van der Waals surface area contributed by atoms with Crippen LogP contribution in [0.15, 0.2) is 110 Å². The lowest BCUT2D eigenvalue weighted by molar-refractivity contribution is -0.139. The number of carbonyl (C=O) groups is 2. The number of carbonyl (C=O) groups excluding carboxylic acids is 2. The molecule has 0 saturated heterocycles. The second kappa shape index (κ2) is 11.7. The predicted molar refractivity (Wildman–Crippen MR) is 155 cm³/mol. The van der Waals surface area contributed by atoms with Gasteiger partial charge in [0.15, 0.2) is 0 Å². The molecule has 2 amide bonds. The van der Waals surface area contributed by atoms with Crippen molar-refractivity contribution in [3.8, 4) is 0 Å². The minimum absolute atomic E-state index is 0.0664. The van der Waals surface area contributed by atoms with Crippen LogP contribution in [0.1, 0.15) is 22.5 Å². The number of furan rings is 1. The summed E-state index contributed by atoms with van der Waals surface area (Å²) in [5.74, 6) is -0.643. The fraction of sp³-hybridized carbons (Fsp3) is 0.133. The van der Waals surface area contributed by atoms with Crippen LogP contribution in [0.25, 0.3) is 0 Å². The van der Waals surface area contributed by atoms with Crippen molar-refractivity contribution >= 4 is 45.0 Å². The molecule has 0 aliphatic carbocycles. The van der Waals surface area contributed by atoms with Crippen molar-refractivity contribution in [2.24, 2.45) is 0 Å². The third-order valence-corrected chi connectivity index (χ3v) is 9.06. The van der Waals surface area contributed by atoms with E-state index in [1.165, 1.54) is 30.5 Å². The fourth-order valence-electron chi connectivity index (χ4n) is 4.19. The van der Waals surface area contributed by atoms with E-state index in [9.17, 15) is 31.2 Å². The zero-order valence-electron chi connectivity index (χ0n) is 22.7. The van der Waals surface area contributed by atoms with E-state index < -0.39 is 38.5 Å². The first-order chi connectivity index (χ1) is 20.3. The number of hydrogen-bond donors (Lipinski definition) is 2. The maximum atomic E-state index is 13.5. The second-order valence-electron chi connectivity index (χ2n) is 9.66. The van der Waals surface area contributed by atoms with Gasteiger partial charge in [-0.25, -0.2) is 8.42 Å². The number of thioether (sulfide) groups is 1. The van der Waals surface area contributed by atoms with E-state index in [4.69, 9.17) is 4.42 Å². The van der Waals surface area contributed by atoms with Crippen LogP contribution in [0.3, 0.4) is 0 Å². The Balaban J connectivity index is 1.39. The maximum absolute atomic E-state index is 13.5. The Kier molecular flexibility index (Phi) is 8.12. The Morgan fingerprint density at radius 1 is 0.860 bits per heavy atom. The molecule has 2 heterocycles. The molecular weight excluding hydrogens is 603 g/mol. The molecule has 0 saturated carbocycles. The minimum atomic E-state index is -4.70. The van der Waals surface area contributed by atoms with E-state index in [2.05, 4.69) is 10.0 Å². The molecule has 0 unspecified atom stereocenters. The number of anilines is 2. The number of sulfonamides is 1. The van der Waals surface area contributed by atoms with Gasteiger partial charge in [0.2, 0.25) is 0 Å². The number of hydrogen-bond acceptors (Lipinski definition) is 7. The number of rotatable bonds is 9. The monoisotopic (exact) mass is 627 g/mol. The maximum Gasteiger partial charge on any atom is 0.416 e. The van der Waals surface area contributed by atoms with Crippen molar-refractivity contribution in [3.63, 3.8) is 0 Å². The lowest BCUT2D eigenvalue weighted by Crippen LogP contribution is -2.31. The smallest absolute Gasteiger partial charge is 0.416 e. The molecule has 222 valence electrons. The Morgan fingerprint density at radius 3 is 2.23 bits per heavy atom. The number of halogens is 3. The summed E-state index contributed by atoms with van der Waals surface area (Å²) >= 11 is 1.01. The van der Waals surface area contributed by atoms with Gasteiger partial charge in [0.25, 0.3) is 21.8 Å². The fourth-order valence-corrected chi connectivity index (χ4v) is 6.24. The summed E-state index contributed by atoms with van der Waals surface area (Å²) in [6.45, 7) is 3.82. The van der Waals surface area contributed by atoms with Crippen molar-refractivity contribution in [3.05, 3.63) is 118 Å². The van der Waals surface area contributed by atoms with Crippen LogP contribution < -0.4 is 10.0 Å². The third kappa shape index (κ3) is 6.62. The number of alkyl halides is 3. The van der Waals surface area contributed by atoms with E-state index in [1.807, 2.05) is 26.0 Å². The molecule has 3 aromatic carbocycles. The molecule has 0 spiro atoms. The summed E-state index contributed by atoms with van der Waals surface area (Å²) in [5, 5.41) is 3.09. The topological polar surface area (TPSA) is 109 Å². The van der Waals surface area contributed by atoms with Crippen LogP contribution >= 0.6 is 11.8 Å². The summed E-state index contributed by atoms with van der Waals surface area (Å²) in [4.78, 5) is 28.0. The lowest BCUT2D eigenvalue weighted by atomic mass is 10.1. The molecule has 8 nitrogen and oxygen atoms in total. The molecular formula is C30H24F3N3O5S2. The summed E-state index contributed by atoms with van der Waals surface area (Å²) in [6, 6.07) is 18.2. The molecule has 2 N–H and O–H groups in total. The Hall–Kier alpha value is -4.49. The second-order valence-corrected chi connectivity index (χ2v) is 12.4. The molecule has 1 aliphatic heterocycles. The van der Waals surface area contributed by atoms with Gasteiger partial charge in [-0.05, 0) is 91.7 Å². The highest BCUT2D eigenvalue weighted by molar-refractivity contribution is 8.04. The number of nitrogens with one attached hydrogen (secondary N) is 2. The van der Waals surface area contributed by atoms with Gasteiger partial charge in [-0.1, -0.05) is 23.9 Å². The number of aryl methyl sites for hydroxylation is 2. The number of nitrogens with zero attached hydrogens (tertiary/aromatic N) is 1. The van der Waals surface area contributed by atoms with Crippen molar-refractivity contribution in [2.45, 2.75) is 36.4 Å². The van der Waals surface area contributed by atoms with Crippen molar-refractivity contribution in [1.82, 2.24) is 4.90 Å². The number of benzene rings is 3.